The van der Waals surface area contributed by atoms with Crippen LogP contribution in [0.2, 0.25) is 0 Å². The van der Waals surface area contributed by atoms with E-state index < -0.39 is 10.0 Å². The lowest BCUT2D eigenvalue weighted by atomic mass is 9.92. The number of aromatic nitrogens is 1. The maximum atomic E-state index is 13.4. The van der Waals surface area contributed by atoms with Crippen LogP contribution < -0.4 is 14.6 Å². The molecule has 0 atom stereocenters. The van der Waals surface area contributed by atoms with Crippen LogP contribution in [0.25, 0.3) is 18.2 Å². The summed E-state index contributed by atoms with van der Waals surface area (Å²) < 4.78 is 42.7. The van der Waals surface area contributed by atoms with Crippen LogP contribution in [0.5, 0.6) is 0 Å². The molecule has 4 rings (SSSR count). The van der Waals surface area contributed by atoms with Crippen LogP contribution in [0.4, 0.5) is 5.69 Å². The summed E-state index contributed by atoms with van der Waals surface area (Å²) in [4.78, 5) is 5.90. The number of thiazole rings is 1. The minimum absolute atomic E-state index is 0.146. The quantitative estimate of drug-likeness (QED) is 0.581. The van der Waals surface area contributed by atoms with Crippen LogP contribution in [0.1, 0.15) is 43.9 Å². The summed E-state index contributed by atoms with van der Waals surface area (Å²) in [5, 5.41) is 0.971. The molecule has 0 amide bonds. The third kappa shape index (κ3) is 5.74. The van der Waals surface area contributed by atoms with Crippen molar-refractivity contribution in [2.45, 2.75) is 49.8 Å². The predicted molar refractivity (Wildman–Crippen MR) is 145 cm³/mol. The smallest absolute Gasteiger partial charge is 0.261 e. The number of allylic oxidation sites excluding steroid dienone is 3. The third-order valence-electron chi connectivity index (χ3n) is 5.85. The van der Waals surface area contributed by atoms with E-state index >= 15 is 0 Å². The highest BCUT2D eigenvalue weighted by Gasteiger charge is 2.23. The van der Waals surface area contributed by atoms with E-state index in [1.807, 2.05) is 32.1 Å². The van der Waals surface area contributed by atoms with Crippen molar-refractivity contribution in [2.75, 3.05) is 24.5 Å². The Hall–Kier alpha value is -2.33. The fraction of sp³-hybridized carbons (Fsp3) is 0.346. The normalized spacial score (nSPS) is 18.6. The molecule has 1 N–H and O–H groups in total. The van der Waals surface area contributed by atoms with Gasteiger partial charge in [-0.05, 0) is 63.8 Å². The standard InChI is InChI=1S/C26H30N2O4S3/c1-5-19(14-18-16-31-12-13-32-18)35(29,30)28-23-15-25(17(4)20-10-8-9-11-21(20)23)34-26-27-22(6-2)24(7-3)33-26/h5-7,9,11,14-15,28H,8,10,12-13,16H2,1-4H3/b18-14+,19-5+,22-6+,24-7+. The number of fused-ring (bicyclic) bond motifs is 1. The summed E-state index contributed by atoms with van der Waals surface area (Å²) >= 11 is 3.22. The second kappa shape index (κ2) is 11.2. The number of ether oxygens (including phenoxy) is 2. The van der Waals surface area contributed by atoms with Crippen molar-refractivity contribution in [3.8, 4) is 0 Å². The fourth-order valence-corrected chi connectivity index (χ4v) is 7.43. The van der Waals surface area contributed by atoms with Crippen LogP contribution in [0, 0.1) is 6.92 Å². The topological polar surface area (TPSA) is 77.5 Å². The highest BCUT2D eigenvalue weighted by Crippen LogP contribution is 2.39. The van der Waals surface area contributed by atoms with Gasteiger partial charge in [0.2, 0.25) is 0 Å². The molecule has 0 unspecified atom stereocenters. The van der Waals surface area contributed by atoms with E-state index in [9.17, 15) is 8.42 Å². The second-order valence-corrected chi connectivity index (χ2v) is 12.1. The zero-order chi connectivity index (χ0) is 25.0. The number of hydrogen-bond acceptors (Lipinski definition) is 7. The molecule has 9 heteroatoms. The van der Waals surface area contributed by atoms with Crippen molar-refractivity contribution in [3.05, 3.63) is 61.5 Å². The lowest BCUT2D eigenvalue weighted by Crippen LogP contribution is -2.19. The Morgan fingerprint density at radius 2 is 2.06 bits per heavy atom. The molecular formula is C26H30N2O4S3. The van der Waals surface area contributed by atoms with Gasteiger partial charge in [0.15, 0.2) is 4.34 Å². The van der Waals surface area contributed by atoms with Gasteiger partial charge < -0.3 is 9.47 Å². The molecule has 0 bridgehead atoms. The number of rotatable bonds is 6. The van der Waals surface area contributed by atoms with Crippen molar-refractivity contribution in [3.63, 3.8) is 0 Å². The maximum absolute atomic E-state index is 13.4. The van der Waals surface area contributed by atoms with E-state index in [1.165, 1.54) is 11.6 Å². The number of hydrogen-bond donors (Lipinski definition) is 1. The molecule has 1 saturated heterocycles. The zero-order valence-corrected chi connectivity index (χ0v) is 22.8. The van der Waals surface area contributed by atoms with E-state index in [0.29, 0.717) is 24.7 Å². The number of nitrogens with one attached hydrogen (secondary N) is 1. The first-order chi connectivity index (χ1) is 16.9. The van der Waals surface area contributed by atoms with E-state index in [4.69, 9.17) is 14.5 Å². The van der Waals surface area contributed by atoms with E-state index in [-0.39, 0.29) is 11.5 Å². The largest absolute Gasteiger partial charge is 0.493 e. The number of benzene rings is 1. The predicted octanol–water partition coefficient (Wildman–Crippen LogP) is 4.74. The number of sulfonamides is 1. The number of anilines is 1. The first kappa shape index (κ1) is 25.8. The van der Waals surface area contributed by atoms with Gasteiger partial charge in [0.1, 0.15) is 19.0 Å². The molecule has 0 saturated carbocycles. The number of nitrogens with zero attached hydrogens (tertiary/aromatic N) is 1. The SMILES string of the molecule is C/C=C(\C=C1/COCCO1)S(=O)(=O)Nc1cc(Sc2nc(=C/C)/c(=C\C)s2)c(C)c2c1C=CCC2. The van der Waals surface area contributed by atoms with Gasteiger partial charge in [-0.15, -0.1) is 11.3 Å². The Balaban J connectivity index is 1.73. The highest BCUT2D eigenvalue weighted by molar-refractivity contribution is 8.01. The van der Waals surface area contributed by atoms with Gasteiger partial charge in [-0.3, -0.25) is 4.72 Å². The Morgan fingerprint density at radius 3 is 2.71 bits per heavy atom. The molecule has 6 nitrogen and oxygen atoms in total. The van der Waals surface area contributed by atoms with Crippen molar-refractivity contribution < 1.29 is 17.9 Å². The second-order valence-electron chi connectivity index (χ2n) is 8.10. The summed E-state index contributed by atoms with van der Waals surface area (Å²) in [5.74, 6) is 0.507. The first-order valence-electron chi connectivity index (χ1n) is 11.6. The molecule has 1 fully saturated rings. The van der Waals surface area contributed by atoms with Gasteiger partial charge in [0, 0.05) is 10.5 Å². The Bertz CT molecular complexity index is 1390. The van der Waals surface area contributed by atoms with Crippen LogP contribution in [0.3, 0.4) is 0 Å². The maximum Gasteiger partial charge on any atom is 0.261 e. The zero-order valence-electron chi connectivity index (χ0n) is 20.4. The molecule has 186 valence electrons. The van der Waals surface area contributed by atoms with Gasteiger partial charge in [-0.1, -0.05) is 42.1 Å². The van der Waals surface area contributed by atoms with Gasteiger partial charge in [-0.2, -0.15) is 0 Å². The monoisotopic (exact) mass is 530 g/mol. The molecule has 0 spiro atoms. The summed E-state index contributed by atoms with van der Waals surface area (Å²) in [6, 6.07) is 1.93. The molecule has 2 aliphatic rings. The first-order valence-corrected chi connectivity index (χ1v) is 14.7. The van der Waals surface area contributed by atoms with Crippen molar-refractivity contribution in [1.29, 1.82) is 0 Å². The Morgan fingerprint density at radius 1 is 1.23 bits per heavy atom. The molecule has 0 radical (unpaired) electrons. The summed E-state index contributed by atoms with van der Waals surface area (Å²) in [5.41, 5.74) is 3.83. The fourth-order valence-electron chi connectivity index (χ4n) is 4.04. The molecule has 2 heterocycles. The van der Waals surface area contributed by atoms with Gasteiger partial charge in [-0.25, -0.2) is 13.4 Å². The van der Waals surface area contributed by atoms with E-state index in [1.54, 1.807) is 36.1 Å². The molecule has 1 aliphatic carbocycles. The summed E-state index contributed by atoms with van der Waals surface area (Å²) in [7, 11) is -3.84. The van der Waals surface area contributed by atoms with Gasteiger partial charge in [0.05, 0.1) is 27.1 Å². The van der Waals surface area contributed by atoms with Crippen LogP contribution >= 0.6 is 23.1 Å². The van der Waals surface area contributed by atoms with E-state index in [0.717, 1.165) is 43.1 Å². The highest BCUT2D eigenvalue weighted by atomic mass is 32.2. The lowest BCUT2D eigenvalue weighted by Gasteiger charge is -2.22. The molecule has 1 aromatic carbocycles. The third-order valence-corrected chi connectivity index (χ3v) is 9.66. The average molecular weight is 531 g/mol. The molecule has 2 aromatic rings. The van der Waals surface area contributed by atoms with Crippen molar-refractivity contribution in [2.24, 2.45) is 0 Å². The Labute approximate surface area is 215 Å². The van der Waals surface area contributed by atoms with Crippen LogP contribution in [-0.2, 0) is 25.9 Å². The van der Waals surface area contributed by atoms with Crippen LogP contribution in [0.15, 0.2) is 44.2 Å². The minimum Gasteiger partial charge on any atom is -0.493 e. The van der Waals surface area contributed by atoms with Crippen molar-refractivity contribution >= 4 is 57.0 Å². The molecule has 1 aliphatic heterocycles. The lowest BCUT2D eigenvalue weighted by molar-refractivity contribution is 0.0134. The van der Waals surface area contributed by atoms with E-state index in [2.05, 4.69) is 23.8 Å². The summed E-state index contributed by atoms with van der Waals surface area (Å²) in [6.45, 7) is 8.99. The van der Waals surface area contributed by atoms with Gasteiger partial charge in [0.25, 0.3) is 10.0 Å². The molecular weight excluding hydrogens is 500 g/mol. The Kier molecular flexibility index (Phi) is 8.21. The average Bonchev–Trinajstić information content (AvgIpc) is 3.27. The molecule has 1 aromatic heterocycles. The van der Waals surface area contributed by atoms with Crippen molar-refractivity contribution in [1.82, 2.24) is 4.98 Å². The molecule has 35 heavy (non-hydrogen) atoms. The summed E-state index contributed by atoms with van der Waals surface area (Å²) in [6.07, 6.45) is 13.1. The van der Waals surface area contributed by atoms with Crippen LogP contribution in [-0.4, -0.2) is 33.2 Å². The van der Waals surface area contributed by atoms with Gasteiger partial charge >= 0.3 is 0 Å². The minimum atomic E-state index is -3.84.